The number of aliphatic hydroxyl groups is 2. The van der Waals surface area contributed by atoms with E-state index >= 15 is 0 Å². The molecule has 0 unspecified atom stereocenters. The maximum Gasteiger partial charge on any atom is 0.139 e. The zero-order chi connectivity index (χ0) is 15.7. The fourth-order valence-corrected chi connectivity index (χ4v) is 7.26. The van der Waals surface area contributed by atoms with E-state index in [-0.39, 0.29) is 29.0 Å². The van der Waals surface area contributed by atoms with Gasteiger partial charge < -0.3 is 10.2 Å². The molecule has 124 valence electrons. The number of fused-ring (bicyclic) bond motifs is 5. The van der Waals surface area contributed by atoms with Crippen LogP contribution in [-0.4, -0.2) is 28.2 Å². The van der Waals surface area contributed by atoms with E-state index in [4.69, 9.17) is 0 Å². The Balaban J connectivity index is 1.74. The third-order valence-electron chi connectivity index (χ3n) is 8.23. The Morgan fingerprint density at radius 3 is 2.59 bits per heavy atom. The maximum absolute atomic E-state index is 12.4. The highest BCUT2D eigenvalue weighted by Crippen LogP contribution is 2.65. The Labute approximate surface area is 133 Å². The predicted molar refractivity (Wildman–Crippen MR) is 84.1 cm³/mol. The van der Waals surface area contributed by atoms with Crippen molar-refractivity contribution in [1.29, 1.82) is 0 Å². The standard InChI is InChI=1S/C19H30O3/c1-18-8-4-3-5-13(18)14(20)9-11-12-6-7-16(22)19(12,2)10-15(21)17(11)18/h11-15,17,20-21H,3-10H2,1-2H3/t11-,12-,13-,14+,15-,17+,18-,19+/m1/s1. The number of aliphatic hydroxyl groups excluding tert-OH is 2. The number of rotatable bonds is 0. The summed E-state index contributed by atoms with van der Waals surface area (Å²) in [6.45, 7) is 4.40. The summed E-state index contributed by atoms with van der Waals surface area (Å²) >= 11 is 0. The zero-order valence-electron chi connectivity index (χ0n) is 13.9. The molecule has 8 atom stereocenters. The summed E-state index contributed by atoms with van der Waals surface area (Å²) in [6.07, 6.45) is 7.15. The van der Waals surface area contributed by atoms with Crippen molar-refractivity contribution in [2.75, 3.05) is 0 Å². The minimum absolute atomic E-state index is 0.0625. The van der Waals surface area contributed by atoms with Crippen LogP contribution in [0.2, 0.25) is 0 Å². The summed E-state index contributed by atoms with van der Waals surface area (Å²) in [5.74, 6) is 1.68. The topological polar surface area (TPSA) is 57.5 Å². The average molecular weight is 306 g/mol. The fraction of sp³-hybridized carbons (Fsp3) is 0.947. The zero-order valence-corrected chi connectivity index (χ0v) is 13.9. The molecule has 2 N–H and O–H groups in total. The van der Waals surface area contributed by atoms with E-state index in [1.807, 2.05) is 0 Å². The van der Waals surface area contributed by atoms with E-state index in [1.54, 1.807) is 0 Å². The van der Waals surface area contributed by atoms with Crippen molar-refractivity contribution < 1.29 is 15.0 Å². The van der Waals surface area contributed by atoms with E-state index in [0.717, 1.165) is 25.7 Å². The minimum atomic E-state index is -0.369. The fourth-order valence-electron chi connectivity index (χ4n) is 7.26. The van der Waals surface area contributed by atoms with Gasteiger partial charge in [0.25, 0.3) is 0 Å². The Hall–Kier alpha value is -0.410. The van der Waals surface area contributed by atoms with Crippen molar-refractivity contribution in [3.05, 3.63) is 0 Å². The molecule has 4 saturated carbocycles. The van der Waals surface area contributed by atoms with Gasteiger partial charge in [0.2, 0.25) is 0 Å². The van der Waals surface area contributed by atoms with Gasteiger partial charge in [-0.15, -0.1) is 0 Å². The lowest BCUT2D eigenvalue weighted by atomic mass is 9.44. The smallest absolute Gasteiger partial charge is 0.139 e. The molecule has 0 radical (unpaired) electrons. The van der Waals surface area contributed by atoms with E-state index in [1.165, 1.54) is 12.8 Å². The Morgan fingerprint density at radius 1 is 1.05 bits per heavy atom. The van der Waals surface area contributed by atoms with Crippen molar-refractivity contribution >= 4 is 5.78 Å². The molecule has 0 amide bonds. The summed E-state index contributed by atoms with van der Waals surface area (Å²) in [5, 5.41) is 21.8. The van der Waals surface area contributed by atoms with Gasteiger partial charge in [0.15, 0.2) is 0 Å². The molecule has 22 heavy (non-hydrogen) atoms. The number of Topliss-reactive ketones (excluding diaryl/α,β-unsaturated/α-hetero) is 1. The van der Waals surface area contributed by atoms with Gasteiger partial charge in [-0.2, -0.15) is 0 Å². The highest BCUT2D eigenvalue weighted by Gasteiger charge is 2.64. The second kappa shape index (κ2) is 4.80. The lowest BCUT2D eigenvalue weighted by Gasteiger charge is -2.62. The molecule has 0 aromatic heterocycles. The summed E-state index contributed by atoms with van der Waals surface area (Å²) in [6, 6.07) is 0. The van der Waals surface area contributed by atoms with Crippen LogP contribution in [0.1, 0.15) is 65.2 Å². The van der Waals surface area contributed by atoms with Gasteiger partial charge >= 0.3 is 0 Å². The Morgan fingerprint density at radius 2 is 1.82 bits per heavy atom. The quantitative estimate of drug-likeness (QED) is 0.723. The second-order valence-electron chi connectivity index (χ2n) is 9.11. The lowest BCUT2D eigenvalue weighted by Crippen LogP contribution is -2.61. The van der Waals surface area contributed by atoms with Crippen LogP contribution in [0.15, 0.2) is 0 Å². The molecule has 0 aliphatic heterocycles. The first-order valence-corrected chi connectivity index (χ1v) is 9.27. The van der Waals surface area contributed by atoms with Gasteiger partial charge in [-0.1, -0.05) is 26.7 Å². The molecule has 4 fully saturated rings. The predicted octanol–water partition coefficient (Wildman–Crippen LogP) is 2.93. The van der Waals surface area contributed by atoms with Crippen LogP contribution in [0, 0.1) is 34.5 Å². The molecule has 0 bridgehead atoms. The van der Waals surface area contributed by atoms with Crippen LogP contribution in [0.5, 0.6) is 0 Å². The molecule has 4 rings (SSSR count). The van der Waals surface area contributed by atoms with Gasteiger partial charge in [0.05, 0.1) is 12.2 Å². The van der Waals surface area contributed by atoms with Crippen LogP contribution < -0.4 is 0 Å². The largest absolute Gasteiger partial charge is 0.393 e. The van der Waals surface area contributed by atoms with Gasteiger partial charge in [-0.3, -0.25) is 4.79 Å². The summed E-state index contributed by atoms with van der Waals surface area (Å²) in [4.78, 5) is 12.4. The van der Waals surface area contributed by atoms with Crippen molar-refractivity contribution in [1.82, 2.24) is 0 Å². The van der Waals surface area contributed by atoms with E-state index in [2.05, 4.69) is 13.8 Å². The first-order valence-electron chi connectivity index (χ1n) is 9.27. The number of hydrogen-bond donors (Lipinski definition) is 2. The number of carbonyl (C=O) groups excluding carboxylic acids is 1. The Bertz CT molecular complexity index is 489. The van der Waals surface area contributed by atoms with Gasteiger partial charge in [0.1, 0.15) is 5.78 Å². The molecule has 3 heteroatoms. The van der Waals surface area contributed by atoms with Crippen LogP contribution in [0.3, 0.4) is 0 Å². The molecular weight excluding hydrogens is 276 g/mol. The third-order valence-corrected chi connectivity index (χ3v) is 8.23. The van der Waals surface area contributed by atoms with Crippen molar-refractivity contribution in [3.63, 3.8) is 0 Å². The number of carbonyl (C=O) groups is 1. The normalized spacial score (nSPS) is 57.9. The van der Waals surface area contributed by atoms with E-state index in [0.29, 0.717) is 36.4 Å². The Kier molecular flexibility index (Phi) is 3.30. The molecule has 0 heterocycles. The third kappa shape index (κ3) is 1.78. The van der Waals surface area contributed by atoms with Crippen LogP contribution in [-0.2, 0) is 4.79 Å². The van der Waals surface area contributed by atoms with Crippen LogP contribution in [0.25, 0.3) is 0 Å². The number of hydrogen-bond acceptors (Lipinski definition) is 3. The lowest BCUT2D eigenvalue weighted by molar-refractivity contribution is -0.194. The first-order chi connectivity index (χ1) is 10.4. The van der Waals surface area contributed by atoms with Gasteiger partial charge in [-0.05, 0) is 61.2 Å². The summed E-state index contributed by atoms with van der Waals surface area (Å²) < 4.78 is 0. The van der Waals surface area contributed by atoms with Crippen LogP contribution in [0.4, 0.5) is 0 Å². The average Bonchev–Trinajstić information content (AvgIpc) is 2.74. The van der Waals surface area contributed by atoms with E-state index < -0.39 is 0 Å². The van der Waals surface area contributed by atoms with Gasteiger partial charge in [0, 0.05) is 11.8 Å². The molecule has 0 aromatic rings. The molecule has 4 aliphatic carbocycles. The number of ketones is 1. The SMILES string of the molecule is C[C@@]12CCCC[C@@H]1[C@@H](O)C[C@H]1[C@H]2[C@H](O)C[C@]2(C)C(=O)CC[C@H]12. The first kappa shape index (κ1) is 15.1. The minimum Gasteiger partial charge on any atom is -0.393 e. The molecule has 0 saturated heterocycles. The summed E-state index contributed by atoms with van der Waals surface area (Å²) in [7, 11) is 0. The second-order valence-corrected chi connectivity index (χ2v) is 9.11. The highest BCUT2D eigenvalue weighted by molar-refractivity contribution is 5.87. The van der Waals surface area contributed by atoms with E-state index in [9.17, 15) is 15.0 Å². The van der Waals surface area contributed by atoms with Gasteiger partial charge in [-0.25, -0.2) is 0 Å². The molecule has 0 spiro atoms. The molecule has 4 aliphatic rings. The monoisotopic (exact) mass is 306 g/mol. The summed E-state index contributed by atoms with van der Waals surface area (Å²) in [5.41, 5.74) is -0.273. The van der Waals surface area contributed by atoms with Crippen molar-refractivity contribution in [2.24, 2.45) is 34.5 Å². The highest BCUT2D eigenvalue weighted by atomic mass is 16.3. The molecular formula is C19H30O3. The molecule has 3 nitrogen and oxygen atoms in total. The van der Waals surface area contributed by atoms with Crippen molar-refractivity contribution in [3.8, 4) is 0 Å². The van der Waals surface area contributed by atoms with Crippen LogP contribution >= 0.6 is 0 Å². The van der Waals surface area contributed by atoms with Crippen molar-refractivity contribution in [2.45, 2.75) is 77.4 Å². The maximum atomic E-state index is 12.4. The molecule has 0 aromatic carbocycles.